The molecular weight excluding hydrogens is 176 g/mol. The van der Waals surface area contributed by atoms with E-state index in [1.807, 2.05) is 4.90 Å². The molecule has 1 aliphatic rings. The van der Waals surface area contributed by atoms with Gasteiger partial charge in [-0.05, 0) is 12.8 Å². The minimum atomic E-state index is -3.03. The summed E-state index contributed by atoms with van der Waals surface area (Å²) in [6, 6.07) is 0. The van der Waals surface area contributed by atoms with E-state index >= 15 is 0 Å². The quantitative estimate of drug-likeness (QED) is 0.496. The van der Waals surface area contributed by atoms with Crippen molar-refractivity contribution >= 4 is 15.7 Å². The minimum absolute atomic E-state index is 0.118. The molecule has 0 saturated carbocycles. The second-order valence-corrected chi connectivity index (χ2v) is 5.35. The van der Waals surface area contributed by atoms with Crippen molar-refractivity contribution in [2.75, 3.05) is 25.1 Å². The molecular formula is C7H14N2O2S. The first kappa shape index (κ1) is 9.51. The molecule has 4 nitrogen and oxygen atoms in total. The maximum atomic E-state index is 10.8. The van der Waals surface area contributed by atoms with E-state index in [9.17, 15) is 8.42 Å². The SMILES string of the molecule is CS(=O)(=O)CC(=N)N1CCCC1. The van der Waals surface area contributed by atoms with Crippen LogP contribution in [-0.4, -0.2) is 44.3 Å². The molecule has 0 amide bonds. The Morgan fingerprint density at radius 2 is 1.92 bits per heavy atom. The van der Waals surface area contributed by atoms with Crippen molar-refractivity contribution in [3.63, 3.8) is 0 Å². The van der Waals surface area contributed by atoms with Gasteiger partial charge in [0.05, 0.1) is 0 Å². The topological polar surface area (TPSA) is 61.2 Å². The average Bonchev–Trinajstić information content (AvgIpc) is 2.32. The van der Waals surface area contributed by atoms with E-state index < -0.39 is 9.84 Å². The van der Waals surface area contributed by atoms with Crippen LogP contribution in [0.1, 0.15) is 12.8 Å². The minimum Gasteiger partial charge on any atom is -0.360 e. The van der Waals surface area contributed by atoms with Crippen molar-refractivity contribution in [1.82, 2.24) is 4.90 Å². The van der Waals surface area contributed by atoms with Crippen LogP contribution in [0.15, 0.2) is 0 Å². The number of hydrogen-bond donors (Lipinski definition) is 1. The van der Waals surface area contributed by atoms with Crippen molar-refractivity contribution in [2.45, 2.75) is 12.8 Å². The molecule has 1 saturated heterocycles. The van der Waals surface area contributed by atoms with Gasteiger partial charge in [-0.25, -0.2) is 8.42 Å². The first-order chi connectivity index (χ1) is 5.49. The van der Waals surface area contributed by atoms with Crippen LogP contribution in [-0.2, 0) is 9.84 Å². The van der Waals surface area contributed by atoms with Crippen molar-refractivity contribution in [1.29, 1.82) is 5.41 Å². The van der Waals surface area contributed by atoms with Crippen LogP contribution in [0, 0.1) is 5.41 Å². The normalized spacial score (nSPS) is 18.2. The molecule has 1 rings (SSSR count). The van der Waals surface area contributed by atoms with E-state index in [0.29, 0.717) is 0 Å². The van der Waals surface area contributed by atoms with Gasteiger partial charge in [-0.15, -0.1) is 0 Å². The molecule has 0 aliphatic carbocycles. The van der Waals surface area contributed by atoms with Crippen LogP contribution in [0.5, 0.6) is 0 Å². The Labute approximate surface area is 73.0 Å². The van der Waals surface area contributed by atoms with Crippen molar-refractivity contribution in [3.8, 4) is 0 Å². The van der Waals surface area contributed by atoms with Crippen LogP contribution < -0.4 is 0 Å². The van der Waals surface area contributed by atoms with Gasteiger partial charge in [-0.2, -0.15) is 0 Å². The number of hydrogen-bond acceptors (Lipinski definition) is 3. The summed E-state index contributed by atoms with van der Waals surface area (Å²) in [4.78, 5) is 1.83. The first-order valence-electron chi connectivity index (χ1n) is 3.99. The third kappa shape index (κ3) is 2.81. The highest BCUT2D eigenvalue weighted by Crippen LogP contribution is 2.08. The lowest BCUT2D eigenvalue weighted by atomic mass is 10.4. The summed E-state index contributed by atoms with van der Waals surface area (Å²) in [5.74, 6) is 0.127. The summed E-state index contributed by atoms with van der Waals surface area (Å²) in [5, 5.41) is 7.49. The Hall–Kier alpha value is -0.580. The molecule has 70 valence electrons. The number of likely N-dealkylation sites (tertiary alicyclic amines) is 1. The van der Waals surface area contributed by atoms with Crippen LogP contribution in [0.25, 0.3) is 0 Å². The molecule has 0 atom stereocenters. The van der Waals surface area contributed by atoms with Gasteiger partial charge in [0.15, 0.2) is 9.84 Å². The number of amidine groups is 1. The number of nitrogens with one attached hydrogen (secondary N) is 1. The number of rotatable bonds is 2. The monoisotopic (exact) mass is 190 g/mol. The fraction of sp³-hybridized carbons (Fsp3) is 0.857. The summed E-state index contributed by atoms with van der Waals surface area (Å²) in [7, 11) is -3.03. The second-order valence-electron chi connectivity index (χ2n) is 3.21. The fourth-order valence-corrected chi connectivity index (χ4v) is 2.01. The molecule has 0 unspecified atom stereocenters. The standard InChI is InChI=1S/C7H14N2O2S/c1-12(10,11)6-7(8)9-4-2-3-5-9/h8H,2-6H2,1H3. The van der Waals surface area contributed by atoms with E-state index in [1.54, 1.807) is 0 Å². The van der Waals surface area contributed by atoms with E-state index in [4.69, 9.17) is 5.41 Å². The van der Waals surface area contributed by atoms with Crippen LogP contribution >= 0.6 is 0 Å². The zero-order valence-corrected chi connectivity index (χ0v) is 8.02. The molecule has 0 aromatic carbocycles. The fourth-order valence-electron chi connectivity index (χ4n) is 1.33. The summed E-state index contributed by atoms with van der Waals surface area (Å²) < 4.78 is 21.7. The lowest BCUT2D eigenvalue weighted by Crippen LogP contribution is -2.32. The molecule has 1 N–H and O–H groups in total. The Balaban J connectivity index is 2.48. The van der Waals surface area contributed by atoms with Crippen LogP contribution in [0.3, 0.4) is 0 Å². The van der Waals surface area contributed by atoms with Gasteiger partial charge in [-0.3, -0.25) is 5.41 Å². The summed E-state index contributed by atoms with van der Waals surface area (Å²) >= 11 is 0. The maximum Gasteiger partial charge on any atom is 0.154 e. The molecule has 1 fully saturated rings. The third-order valence-corrected chi connectivity index (χ3v) is 2.68. The molecule has 0 bridgehead atoms. The highest BCUT2D eigenvalue weighted by atomic mass is 32.2. The molecule has 12 heavy (non-hydrogen) atoms. The molecule has 0 radical (unpaired) electrons. The molecule has 5 heteroatoms. The van der Waals surface area contributed by atoms with E-state index in [-0.39, 0.29) is 11.6 Å². The summed E-state index contributed by atoms with van der Waals surface area (Å²) in [6.07, 6.45) is 3.32. The average molecular weight is 190 g/mol. The second kappa shape index (κ2) is 3.43. The molecule has 0 aromatic heterocycles. The number of nitrogens with zero attached hydrogens (tertiary/aromatic N) is 1. The van der Waals surface area contributed by atoms with Gasteiger partial charge >= 0.3 is 0 Å². The predicted octanol–water partition coefficient (Wildman–Crippen LogP) is 0.104. The largest absolute Gasteiger partial charge is 0.360 e. The molecule has 0 spiro atoms. The smallest absolute Gasteiger partial charge is 0.154 e. The van der Waals surface area contributed by atoms with Crippen molar-refractivity contribution < 1.29 is 8.42 Å². The summed E-state index contributed by atoms with van der Waals surface area (Å²) in [6.45, 7) is 1.68. The zero-order chi connectivity index (χ0) is 9.19. The predicted molar refractivity (Wildman–Crippen MR) is 48.2 cm³/mol. The Morgan fingerprint density at radius 3 is 2.33 bits per heavy atom. The molecule has 1 heterocycles. The van der Waals surface area contributed by atoms with E-state index in [2.05, 4.69) is 0 Å². The summed E-state index contributed by atoms with van der Waals surface area (Å²) in [5.41, 5.74) is 0. The van der Waals surface area contributed by atoms with Crippen molar-refractivity contribution in [3.05, 3.63) is 0 Å². The van der Waals surface area contributed by atoms with Gasteiger partial charge in [0.2, 0.25) is 0 Å². The molecule has 1 aliphatic heterocycles. The maximum absolute atomic E-state index is 10.8. The number of sulfone groups is 1. The Kier molecular flexibility index (Phi) is 2.72. The Bertz CT molecular complexity index is 265. The van der Waals surface area contributed by atoms with E-state index in [0.717, 1.165) is 32.2 Å². The van der Waals surface area contributed by atoms with Crippen LogP contribution in [0.4, 0.5) is 0 Å². The van der Waals surface area contributed by atoms with Gasteiger partial charge in [0.25, 0.3) is 0 Å². The first-order valence-corrected chi connectivity index (χ1v) is 6.05. The van der Waals surface area contributed by atoms with Gasteiger partial charge < -0.3 is 4.90 Å². The van der Waals surface area contributed by atoms with Gasteiger partial charge in [-0.1, -0.05) is 0 Å². The van der Waals surface area contributed by atoms with Crippen LogP contribution in [0.2, 0.25) is 0 Å². The third-order valence-electron chi connectivity index (χ3n) is 1.89. The lowest BCUT2D eigenvalue weighted by molar-refractivity contribution is 0.511. The lowest BCUT2D eigenvalue weighted by Gasteiger charge is -2.17. The van der Waals surface area contributed by atoms with Gasteiger partial charge in [0, 0.05) is 19.3 Å². The van der Waals surface area contributed by atoms with E-state index in [1.165, 1.54) is 0 Å². The highest BCUT2D eigenvalue weighted by molar-refractivity contribution is 7.91. The molecule has 0 aromatic rings. The van der Waals surface area contributed by atoms with Crippen molar-refractivity contribution in [2.24, 2.45) is 0 Å². The van der Waals surface area contributed by atoms with Gasteiger partial charge in [0.1, 0.15) is 11.6 Å². The Morgan fingerprint density at radius 1 is 1.42 bits per heavy atom. The highest BCUT2D eigenvalue weighted by Gasteiger charge is 2.17. The zero-order valence-electron chi connectivity index (χ0n) is 7.21.